The van der Waals surface area contributed by atoms with Crippen molar-refractivity contribution in [2.45, 2.75) is 0 Å². The minimum Gasteiger partial charge on any atom is -0.351 e. The number of primary amides is 1. The van der Waals surface area contributed by atoms with Crippen molar-refractivity contribution in [1.82, 2.24) is 9.55 Å². The molecule has 2 aromatic heterocycles. The zero-order valence-electron chi connectivity index (χ0n) is 13.2. The van der Waals surface area contributed by atoms with Gasteiger partial charge in [-0.15, -0.1) is 0 Å². The highest BCUT2D eigenvalue weighted by Crippen LogP contribution is 2.30. The molecule has 2 amide bonds. The summed E-state index contributed by atoms with van der Waals surface area (Å²) in [4.78, 5) is 17.9. The predicted molar refractivity (Wildman–Crippen MR) is 96.4 cm³/mol. The summed E-state index contributed by atoms with van der Waals surface area (Å²) in [6, 6.07) is 16.9. The van der Waals surface area contributed by atoms with Crippen LogP contribution in [0.5, 0.6) is 0 Å². The van der Waals surface area contributed by atoms with Gasteiger partial charge in [0, 0.05) is 35.7 Å². The lowest BCUT2D eigenvalue weighted by atomic mass is 10.1. The number of urea groups is 1. The van der Waals surface area contributed by atoms with Gasteiger partial charge in [0.05, 0.1) is 16.9 Å². The average Bonchev–Trinajstić information content (AvgIpc) is 2.95. The normalized spacial score (nSPS) is 11.0. The van der Waals surface area contributed by atoms with E-state index in [2.05, 4.69) is 4.98 Å². The number of anilines is 2. The molecule has 0 aliphatic heterocycles. The molecule has 0 radical (unpaired) electrons. The highest BCUT2D eigenvalue weighted by Gasteiger charge is 2.16. The number of hydrogen-bond donors (Lipinski definition) is 1. The molecule has 4 aromatic rings. The van der Waals surface area contributed by atoms with Crippen LogP contribution in [0.2, 0.25) is 0 Å². The third-order valence-electron chi connectivity index (χ3n) is 4.19. The summed E-state index contributed by atoms with van der Waals surface area (Å²) < 4.78 is 2.04. The second kappa shape index (κ2) is 5.38. The van der Waals surface area contributed by atoms with Gasteiger partial charge < -0.3 is 10.3 Å². The van der Waals surface area contributed by atoms with Crippen molar-refractivity contribution >= 4 is 39.2 Å². The lowest BCUT2D eigenvalue weighted by Crippen LogP contribution is -2.31. The van der Waals surface area contributed by atoms with Gasteiger partial charge in [0.2, 0.25) is 0 Å². The van der Waals surface area contributed by atoms with E-state index in [9.17, 15) is 4.79 Å². The van der Waals surface area contributed by atoms with Crippen molar-refractivity contribution in [2.75, 3.05) is 4.90 Å². The lowest BCUT2D eigenvalue weighted by molar-refractivity contribution is 0.256. The Morgan fingerprint density at radius 1 is 1.04 bits per heavy atom. The molecule has 24 heavy (non-hydrogen) atoms. The molecule has 0 fully saturated rings. The summed E-state index contributed by atoms with van der Waals surface area (Å²) in [7, 11) is 1.99. The smallest absolute Gasteiger partial charge is 0.323 e. The molecule has 2 heterocycles. The van der Waals surface area contributed by atoms with Crippen molar-refractivity contribution in [3.05, 3.63) is 67.0 Å². The molecule has 0 bridgehead atoms. The van der Waals surface area contributed by atoms with Crippen LogP contribution in [0, 0.1) is 0 Å². The molecule has 0 aliphatic carbocycles. The van der Waals surface area contributed by atoms with Crippen LogP contribution < -0.4 is 10.6 Å². The number of aryl methyl sites for hydroxylation is 1. The molecule has 0 saturated carbocycles. The largest absolute Gasteiger partial charge is 0.351 e. The second-order valence-electron chi connectivity index (χ2n) is 5.72. The molecule has 0 spiro atoms. The summed E-state index contributed by atoms with van der Waals surface area (Å²) in [5.74, 6) is 0. The van der Waals surface area contributed by atoms with E-state index in [4.69, 9.17) is 5.73 Å². The summed E-state index contributed by atoms with van der Waals surface area (Å²) in [6.07, 6.45) is 3.74. The Morgan fingerprint density at radius 2 is 1.79 bits per heavy atom. The first-order valence-electron chi connectivity index (χ1n) is 7.63. The summed E-state index contributed by atoms with van der Waals surface area (Å²) in [5.41, 5.74) is 9.10. The predicted octanol–water partition coefficient (Wildman–Crippen LogP) is 3.94. The topological polar surface area (TPSA) is 64.2 Å². The van der Waals surface area contributed by atoms with E-state index in [-0.39, 0.29) is 0 Å². The SMILES string of the molecule is Cn1ccc2cc(N(C(N)=O)c3ccc4ncccc4c3)ccc21. The number of hydrogen-bond acceptors (Lipinski definition) is 2. The number of nitrogens with zero attached hydrogens (tertiary/aromatic N) is 3. The van der Waals surface area contributed by atoms with E-state index in [1.54, 1.807) is 6.20 Å². The molecule has 5 heteroatoms. The molecule has 2 aromatic carbocycles. The number of nitrogens with two attached hydrogens (primary N) is 1. The van der Waals surface area contributed by atoms with Gasteiger partial charge in [-0.05, 0) is 48.5 Å². The Morgan fingerprint density at radius 3 is 2.58 bits per heavy atom. The number of aromatic nitrogens is 2. The Kier molecular flexibility index (Phi) is 3.20. The molecule has 0 atom stereocenters. The van der Waals surface area contributed by atoms with Crippen molar-refractivity contribution in [1.29, 1.82) is 0 Å². The molecule has 5 nitrogen and oxygen atoms in total. The molecular weight excluding hydrogens is 300 g/mol. The number of carbonyl (C=O) groups excluding carboxylic acids is 1. The van der Waals surface area contributed by atoms with Crippen molar-refractivity contribution in [2.24, 2.45) is 12.8 Å². The molecular formula is C19H16N4O. The number of pyridine rings is 1. The molecule has 118 valence electrons. The maximum Gasteiger partial charge on any atom is 0.323 e. The quantitative estimate of drug-likeness (QED) is 0.608. The van der Waals surface area contributed by atoms with E-state index in [1.807, 2.05) is 72.4 Å². The van der Waals surface area contributed by atoms with E-state index < -0.39 is 6.03 Å². The van der Waals surface area contributed by atoms with Crippen molar-refractivity contribution < 1.29 is 4.79 Å². The zero-order chi connectivity index (χ0) is 16.7. The summed E-state index contributed by atoms with van der Waals surface area (Å²) >= 11 is 0. The van der Waals surface area contributed by atoms with Gasteiger partial charge in [-0.1, -0.05) is 6.07 Å². The highest BCUT2D eigenvalue weighted by molar-refractivity contribution is 6.02. The molecule has 2 N–H and O–H groups in total. The number of amides is 2. The van der Waals surface area contributed by atoms with Gasteiger partial charge in [-0.25, -0.2) is 4.79 Å². The lowest BCUT2D eigenvalue weighted by Gasteiger charge is -2.21. The van der Waals surface area contributed by atoms with Crippen LogP contribution >= 0.6 is 0 Å². The number of rotatable bonds is 2. The van der Waals surface area contributed by atoms with Gasteiger partial charge in [0.1, 0.15) is 0 Å². The van der Waals surface area contributed by atoms with Crippen LogP contribution in [0.4, 0.5) is 16.2 Å². The Labute approximate surface area is 138 Å². The minimum absolute atomic E-state index is 0.520. The van der Waals surface area contributed by atoms with Gasteiger partial charge in [0.25, 0.3) is 0 Å². The third-order valence-corrected chi connectivity index (χ3v) is 4.19. The molecule has 0 aliphatic rings. The molecule has 4 rings (SSSR count). The van der Waals surface area contributed by atoms with Gasteiger partial charge in [-0.2, -0.15) is 0 Å². The van der Waals surface area contributed by atoms with Crippen LogP contribution in [0.1, 0.15) is 0 Å². The Balaban J connectivity index is 1.86. The second-order valence-corrected chi connectivity index (χ2v) is 5.72. The van der Waals surface area contributed by atoms with Gasteiger partial charge in [0.15, 0.2) is 0 Å². The number of benzene rings is 2. The van der Waals surface area contributed by atoms with Gasteiger partial charge in [-0.3, -0.25) is 9.88 Å². The van der Waals surface area contributed by atoms with E-state index in [1.165, 1.54) is 4.90 Å². The van der Waals surface area contributed by atoms with E-state index in [0.717, 1.165) is 33.2 Å². The monoisotopic (exact) mass is 316 g/mol. The average molecular weight is 316 g/mol. The Bertz CT molecular complexity index is 1070. The zero-order valence-corrected chi connectivity index (χ0v) is 13.2. The van der Waals surface area contributed by atoms with Crippen LogP contribution in [0.15, 0.2) is 67.0 Å². The van der Waals surface area contributed by atoms with Crippen LogP contribution in [-0.2, 0) is 7.05 Å². The molecule has 0 saturated heterocycles. The van der Waals surface area contributed by atoms with Crippen LogP contribution in [0.3, 0.4) is 0 Å². The minimum atomic E-state index is -0.520. The number of fused-ring (bicyclic) bond motifs is 2. The third kappa shape index (κ3) is 2.27. The fourth-order valence-electron chi connectivity index (χ4n) is 3.01. The fourth-order valence-corrected chi connectivity index (χ4v) is 3.01. The highest BCUT2D eigenvalue weighted by atomic mass is 16.2. The van der Waals surface area contributed by atoms with Gasteiger partial charge >= 0.3 is 6.03 Å². The van der Waals surface area contributed by atoms with Crippen LogP contribution in [-0.4, -0.2) is 15.6 Å². The first-order chi connectivity index (χ1) is 11.6. The van der Waals surface area contributed by atoms with E-state index in [0.29, 0.717) is 0 Å². The van der Waals surface area contributed by atoms with Crippen molar-refractivity contribution in [3.8, 4) is 0 Å². The van der Waals surface area contributed by atoms with Crippen molar-refractivity contribution in [3.63, 3.8) is 0 Å². The maximum atomic E-state index is 12.1. The fraction of sp³-hybridized carbons (Fsp3) is 0.0526. The maximum absolute atomic E-state index is 12.1. The molecule has 0 unspecified atom stereocenters. The standard InChI is InChI=1S/C19H16N4O/c1-22-10-8-14-12-16(5-7-18(14)22)23(19(20)24)15-4-6-17-13(11-15)3-2-9-21-17/h2-12H,1H3,(H2,20,24). The summed E-state index contributed by atoms with van der Waals surface area (Å²) in [5, 5.41) is 2.02. The first-order valence-corrected chi connectivity index (χ1v) is 7.63. The Hall–Kier alpha value is -3.34. The van der Waals surface area contributed by atoms with Crippen LogP contribution in [0.25, 0.3) is 21.8 Å². The number of carbonyl (C=O) groups is 1. The van der Waals surface area contributed by atoms with E-state index >= 15 is 0 Å². The summed E-state index contributed by atoms with van der Waals surface area (Å²) in [6.45, 7) is 0. The first kappa shape index (κ1) is 14.3.